The summed E-state index contributed by atoms with van der Waals surface area (Å²) < 4.78 is 0. The summed E-state index contributed by atoms with van der Waals surface area (Å²) >= 11 is 0. The van der Waals surface area contributed by atoms with E-state index in [0.29, 0.717) is 0 Å². The Balaban J connectivity index is 1.59. The molecule has 1 N–H and O–H groups in total. The summed E-state index contributed by atoms with van der Waals surface area (Å²) in [6.45, 7) is 0. The highest BCUT2D eigenvalue weighted by Crippen LogP contribution is 2.19. The average Bonchev–Trinajstić information content (AvgIpc) is 2.65. The minimum atomic E-state index is -0.807. The van der Waals surface area contributed by atoms with Crippen LogP contribution in [0, 0.1) is 23.7 Å². The van der Waals surface area contributed by atoms with Crippen molar-refractivity contribution in [2.75, 3.05) is 0 Å². The lowest BCUT2D eigenvalue weighted by Crippen LogP contribution is -1.93. The van der Waals surface area contributed by atoms with Crippen LogP contribution in [0.1, 0.15) is 23.7 Å². The van der Waals surface area contributed by atoms with Crippen LogP contribution < -0.4 is 0 Å². The molecule has 0 aromatic heterocycles. The van der Waals surface area contributed by atoms with Crippen molar-refractivity contribution < 1.29 is 5.11 Å². The third-order valence-corrected chi connectivity index (χ3v) is 3.83. The van der Waals surface area contributed by atoms with Crippen molar-refractivity contribution in [1.29, 1.82) is 0 Å². The summed E-state index contributed by atoms with van der Waals surface area (Å²) in [4.78, 5) is 0. The Labute approximate surface area is 143 Å². The summed E-state index contributed by atoms with van der Waals surface area (Å²) in [5.41, 5.74) is 2.07. The number of aryl methyl sites for hydroxylation is 1. The number of benzene rings is 3. The molecule has 1 heteroatoms. The van der Waals surface area contributed by atoms with Crippen LogP contribution in [0.15, 0.2) is 72.8 Å². The molecule has 0 saturated heterocycles. The number of aliphatic hydroxyl groups excluding tert-OH is 1. The Morgan fingerprint density at radius 3 is 2.38 bits per heavy atom. The first-order valence-electron chi connectivity index (χ1n) is 8.02. The van der Waals surface area contributed by atoms with E-state index in [9.17, 15) is 5.11 Å². The molecule has 3 rings (SSSR count). The smallest absolute Gasteiger partial charge is 0.141 e. The highest BCUT2D eigenvalue weighted by Gasteiger charge is 2.03. The predicted molar refractivity (Wildman–Crippen MR) is 99.2 cm³/mol. The van der Waals surface area contributed by atoms with Crippen LogP contribution in [-0.2, 0) is 6.42 Å². The van der Waals surface area contributed by atoms with E-state index in [4.69, 9.17) is 0 Å². The van der Waals surface area contributed by atoms with Gasteiger partial charge >= 0.3 is 0 Å². The van der Waals surface area contributed by atoms with Gasteiger partial charge < -0.3 is 5.11 Å². The fourth-order valence-electron chi connectivity index (χ4n) is 2.52. The van der Waals surface area contributed by atoms with Crippen molar-refractivity contribution in [3.8, 4) is 23.7 Å². The van der Waals surface area contributed by atoms with E-state index >= 15 is 0 Å². The SMILES string of the molecule is O[C@@H](C#CC#CCCc1ccccc1)c1ccc2ccccc2c1. The summed E-state index contributed by atoms with van der Waals surface area (Å²) in [6, 6.07) is 24.2. The Hall–Kier alpha value is -3.00. The maximum Gasteiger partial charge on any atom is 0.141 e. The van der Waals surface area contributed by atoms with Crippen molar-refractivity contribution in [3.05, 3.63) is 83.9 Å². The van der Waals surface area contributed by atoms with Gasteiger partial charge in [0.2, 0.25) is 0 Å². The first-order chi connectivity index (χ1) is 11.8. The van der Waals surface area contributed by atoms with Crippen LogP contribution in [0.25, 0.3) is 10.8 Å². The highest BCUT2D eigenvalue weighted by molar-refractivity contribution is 5.83. The minimum absolute atomic E-state index is 0.769. The van der Waals surface area contributed by atoms with Crippen molar-refractivity contribution in [2.24, 2.45) is 0 Å². The minimum Gasteiger partial charge on any atom is -0.376 e. The molecule has 0 spiro atoms. The summed E-state index contributed by atoms with van der Waals surface area (Å²) in [6.07, 6.45) is 0.881. The molecule has 3 aromatic rings. The predicted octanol–water partition coefficient (Wildman–Crippen LogP) is 4.51. The molecule has 0 fully saturated rings. The molecule has 3 aromatic carbocycles. The molecular formula is C23H18O. The van der Waals surface area contributed by atoms with Gasteiger partial charge in [-0.15, -0.1) is 0 Å². The monoisotopic (exact) mass is 310 g/mol. The fraction of sp³-hybridized carbons (Fsp3) is 0.130. The maximum absolute atomic E-state index is 10.2. The first kappa shape index (κ1) is 15.9. The first-order valence-corrected chi connectivity index (χ1v) is 8.02. The van der Waals surface area contributed by atoms with Crippen LogP contribution >= 0.6 is 0 Å². The molecule has 0 amide bonds. The number of fused-ring (bicyclic) bond motifs is 1. The molecular weight excluding hydrogens is 292 g/mol. The second-order valence-corrected chi connectivity index (χ2v) is 5.57. The van der Waals surface area contributed by atoms with Crippen LogP contribution in [-0.4, -0.2) is 5.11 Å². The Morgan fingerprint density at radius 1 is 0.792 bits per heavy atom. The lowest BCUT2D eigenvalue weighted by Gasteiger charge is -2.05. The lowest BCUT2D eigenvalue weighted by molar-refractivity contribution is 0.238. The molecule has 0 aliphatic heterocycles. The molecule has 0 radical (unpaired) electrons. The number of hydrogen-bond donors (Lipinski definition) is 1. The summed E-state index contributed by atoms with van der Waals surface area (Å²) in [7, 11) is 0. The largest absolute Gasteiger partial charge is 0.376 e. The molecule has 1 nitrogen and oxygen atoms in total. The standard InChI is InChI=1S/C23H18O/c24-23(22-17-16-20-13-8-9-14-21(20)18-22)15-7-2-1-4-10-19-11-5-3-6-12-19/h3,5-6,8-9,11-14,16-18,23-24H,4,10H2/t23-/m0/s1. The Kier molecular flexibility index (Phi) is 5.31. The molecule has 0 heterocycles. The van der Waals surface area contributed by atoms with Crippen LogP contribution in [0.5, 0.6) is 0 Å². The van der Waals surface area contributed by atoms with Crippen molar-refractivity contribution >= 4 is 10.8 Å². The van der Waals surface area contributed by atoms with E-state index in [1.165, 1.54) is 5.56 Å². The molecule has 24 heavy (non-hydrogen) atoms. The zero-order valence-corrected chi connectivity index (χ0v) is 13.4. The third kappa shape index (κ3) is 4.26. The number of aliphatic hydroxyl groups is 1. The van der Waals surface area contributed by atoms with Gasteiger partial charge in [-0.25, -0.2) is 0 Å². The topological polar surface area (TPSA) is 20.2 Å². The van der Waals surface area contributed by atoms with Crippen molar-refractivity contribution in [1.82, 2.24) is 0 Å². The van der Waals surface area contributed by atoms with E-state index in [-0.39, 0.29) is 0 Å². The third-order valence-electron chi connectivity index (χ3n) is 3.83. The van der Waals surface area contributed by atoms with E-state index in [1.807, 2.05) is 54.6 Å². The Morgan fingerprint density at radius 2 is 1.54 bits per heavy atom. The van der Waals surface area contributed by atoms with Gasteiger partial charge in [-0.1, -0.05) is 78.6 Å². The van der Waals surface area contributed by atoms with Gasteiger partial charge in [-0.2, -0.15) is 0 Å². The van der Waals surface area contributed by atoms with Gasteiger partial charge in [0.1, 0.15) is 6.10 Å². The van der Waals surface area contributed by atoms with E-state index in [2.05, 4.69) is 41.9 Å². The summed E-state index contributed by atoms with van der Waals surface area (Å²) in [5.74, 6) is 11.4. The molecule has 0 bridgehead atoms. The van der Waals surface area contributed by atoms with E-state index in [0.717, 1.165) is 29.2 Å². The van der Waals surface area contributed by atoms with Crippen molar-refractivity contribution in [2.45, 2.75) is 18.9 Å². The van der Waals surface area contributed by atoms with Crippen LogP contribution in [0.3, 0.4) is 0 Å². The van der Waals surface area contributed by atoms with Crippen molar-refractivity contribution in [3.63, 3.8) is 0 Å². The highest BCUT2D eigenvalue weighted by atomic mass is 16.3. The van der Waals surface area contributed by atoms with E-state index in [1.54, 1.807) is 0 Å². The maximum atomic E-state index is 10.2. The second-order valence-electron chi connectivity index (χ2n) is 5.57. The van der Waals surface area contributed by atoms with Gasteiger partial charge in [0.05, 0.1) is 0 Å². The van der Waals surface area contributed by atoms with Gasteiger partial charge in [0.15, 0.2) is 0 Å². The molecule has 0 aliphatic rings. The number of hydrogen-bond acceptors (Lipinski definition) is 1. The Bertz CT molecular complexity index is 933. The fourth-order valence-corrected chi connectivity index (χ4v) is 2.52. The second kappa shape index (κ2) is 8.02. The zero-order valence-electron chi connectivity index (χ0n) is 13.4. The lowest BCUT2D eigenvalue weighted by atomic mass is 10.0. The van der Waals surface area contributed by atoms with Gasteiger partial charge in [-0.05, 0) is 46.2 Å². The average molecular weight is 310 g/mol. The molecule has 0 unspecified atom stereocenters. The van der Waals surface area contributed by atoms with Gasteiger partial charge in [0.25, 0.3) is 0 Å². The molecule has 1 atom stereocenters. The van der Waals surface area contributed by atoms with Gasteiger partial charge in [0, 0.05) is 6.42 Å². The van der Waals surface area contributed by atoms with Crippen LogP contribution in [0.4, 0.5) is 0 Å². The summed E-state index contributed by atoms with van der Waals surface area (Å²) in [5, 5.41) is 12.4. The number of rotatable bonds is 3. The zero-order chi connectivity index (χ0) is 16.6. The normalized spacial score (nSPS) is 11.0. The quantitative estimate of drug-likeness (QED) is 0.706. The molecule has 116 valence electrons. The van der Waals surface area contributed by atoms with Crippen LogP contribution in [0.2, 0.25) is 0 Å². The van der Waals surface area contributed by atoms with E-state index < -0.39 is 6.10 Å². The molecule has 0 saturated carbocycles. The molecule has 0 aliphatic carbocycles. The van der Waals surface area contributed by atoms with Gasteiger partial charge in [-0.3, -0.25) is 0 Å².